The summed E-state index contributed by atoms with van der Waals surface area (Å²) in [5.74, 6) is -2.18. The van der Waals surface area contributed by atoms with Crippen molar-refractivity contribution in [2.75, 3.05) is 0 Å². The van der Waals surface area contributed by atoms with Crippen molar-refractivity contribution in [2.24, 2.45) is 7.05 Å². The number of nitrogens with zero attached hydrogens (tertiary/aromatic N) is 2. The number of aromatic nitrogens is 2. The molecule has 0 amide bonds. The molecule has 1 heterocycles. The van der Waals surface area contributed by atoms with E-state index in [4.69, 9.17) is 0 Å². The van der Waals surface area contributed by atoms with Crippen LogP contribution < -0.4 is 0 Å². The number of carbonyl (C=O) groups is 1. The van der Waals surface area contributed by atoms with Gasteiger partial charge in [0.05, 0.1) is 11.1 Å². The van der Waals surface area contributed by atoms with E-state index in [1.165, 1.54) is 0 Å². The SMILES string of the molecule is Cn1nccc1CCC(=O)c1cccc(C(F)(F)F)c1F. The van der Waals surface area contributed by atoms with Crippen LogP contribution in [0.15, 0.2) is 30.5 Å². The Kier molecular flexibility index (Phi) is 4.11. The second-order valence-corrected chi connectivity index (χ2v) is 4.53. The van der Waals surface area contributed by atoms with Gasteiger partial charge in [-0.05, 0) is 24.6 Å². The Morgan fingerprint density at radius 1 is 1.29 bits per heavy atom. The van der Waals surface area contributed by atoms with Crippen molar-refractivity contribution in [3.63, 3.8) is 0 Å². The van der Waals surface area contributed by atoms with Gasteiger partial charge in [0.25, 0.3) is 0 Å². The van der Waals surface area contributed by atoms with Crippen LogP contribution in [0.5, 0.6) is 0 Å². The zero-order valence-electron chi connectivity index (χ0n) is 11.1. The Morgan fingerprint density at radius 2 is 2.00 bits per heavy atom. The summed E-state index contributed by atoms with van der Waals surface area (Å²) in [4.78, 5) is 11.9. The molecule has 0 fully saturated rings. The van der Waals surface area contributed by atoms with Crippen LogP contribution in [0.4, 0.5) is 17.6 Å². The Morgan fingerprint density at radius 3 is 2.57 bits per heavy atom. The van der Waals surface area contributed by atoms with E-state index in [1.807, 2.05) is 0 Å². The van der Waals surface area contributed by atoms with Crippen LogP contribution in [0.2, 0.25) is 0 Å². The van der Waals surface area contributed by atoms with Crippen molar-refractivity contribution in [1.82, 2.24) is 9.78 Å². The summed E-state index contributed by atoms with van der Waals surface area (Å²) in [5, 5.41) is 3.91. The van der Waals surface area contributed by atoms with Crippen LogP contribution in [0.25, 0.3) is 0 Å². The van der Waals surface area contributed by atoms with E-state index in [-0.39, 0.29) is 12.8 Å². The lowest BCUT2D eigenvalue weighted by Crippen LogP contribution is -2.13. The Balaban J connectivity index is 2.18. The van der Waals surface area contributed by atoms with E-state index in [0.29, 0.717) is 6.07 Å². The molecule has 0 N–H and O–H groups in total. The topological polar surface area (TPSA) is 34.9 Å². The number of ketones is 1. The van der Waals surface area contributed by atoms with Crippen LogP contribution in [0.1, 0.15) is 28.0 Å². The summed E-state index contributed by atoms with van der Waals surface area (Å²) in [5.41, 5.74) is -1.21. The van der Waals surface area contributed by atoms with Crippen molar-refractivity contribution in [2.45, 2.75) is 19.0 Å². The molecule has 1 aromatic heterocycles. The largest absolute Gasteiger partial charge is 0.419 e. The maximum absolute atomic E-state index is 13.8. The third-order valence-corrected chi connectivity index (χ3v) is 3.14. The van der Waals surface area contributed by atoms with Gasteiger partial charge < -0.3 is 0 Å². The standard InChI is InChI=1S/C14H12F4N2O/c1-20-9(7-8-19-20)5-6-12(21)10-3-2-4-11(13(10)15)14(16,17)18/h2-4,7-8H,5-6H2,1H3. The third kappa shape index (κ3) is 3.29. The van der Waals surface area contributed by atoms with E-state index in [2.05, 4.69) is 5.10 Å². The first-order valence-electron chi connectivity index (χ1n) is 6.16. The summed E-state index contributed by atoms with van der Waals surface area (Å²) in [7, 11) is 1.69. The first kappa shape index (κ1) is 15.2. The molecule has 0 saturated carbocycles. The van der Waals surface area contributed by atoms with E-state index in [0.717, 1.165) is 17.8 Å². The number of hydrogen-bond donors (Lipinski definition) is 0. The molecule has 3 nitrogen and oxygen atoms in total. The van der Waals surface area contributed by atoms with Gasteiger partial charge in [-0.2, -0.15) is 18.3 Å². The zero-order valence-corrected chi connectivity index (χ0v) is 11.1. The van der Waals surface area contributed by atoms with Crippen LogP contribution in [0.3, 0.4) is 0 Å². The number of Topliss-reactive ketones (excluding diaryl/α,β-unsaturated/α-hetero) is 1. The van der Waals surface area contributed by atoms with Gasteiger partial charge in [-0.3, -0.25) is 9.48 Å². The van der Waals surface area contributed by atoms with Crippen LogP contribution in [-0.2, 0) is 19.6 Å². The molecule has 0 aliphatic heterocycles. The maximum Gasteiger partial charge on any atom is 0.419 e. The number of hydrogen-bond acceptors (Lipinski definition) is 2. The highest BCUT2D eigenvalue weighted by molar-refractivity contribution is 5.96. The van der Waals surface area contributed by atoms with Crippen molar-refractivity contribution in [3.8, 4) is 0 Å². The Labute approximate surface area is 118 Å². The molecule has 1 aromatic carbocycles. The Hall–Kier alpha value is -2.18. The molecule has 0 spiro atoms. The first-order chi connectivity index (χ1) is 9.80. The van der Waals surface area contributed by atoms with Gasteiger partial charge in [0.1, 0.15) is 5.82 Å². The predicted octanol–water partition coefficient (Wildman–Crippen LogP) is 3.39. The van der Waals surface area contributed by atoms with Gasteiger partial charge in [-0.15, -0.1) is 0 Å². The van der Waals surface area contributed by atoms with Crippen molar-refractivity contribution in [3.05, 3.63) is 53.1 Å². The quantitative estimate of drug-likeness (QED) is 0.641. The fourth-order valence-electron chi connectivity index (χ4n) is 1.99. The number of benzene rings is 1. The molecule has 2 rings (SSSR count). The minimum atomic E-state index is -4.82. The van der Waals surface area contributed by atoms with E-state index < -0.39 is 28.9 Å². The molecule has 0 unspecified atom stereocenters. The summed E-state index contributed by atoms with van der Waals surface area (Å²) in [6, 6.07) is 4.41. The van der Waals surface area contributed by atoms with Gasteiger partial charge >= 0.3 is 6.18 Å². The van der Waals surface area contributed by atoms with Crippen LogP contribution >= 0.6 is 0 Å². The highest BCUT2D eigenvalue weighted by atomic mass is 19.4. The monoisotopic (exact) mass is 300 g/mol. The highest BCUT2D eigenvalue weighted by Gasteiger charge is 2.35. The lowest BCUT2D eigenvalue weighted by molar-refractivity contribution is -0.140. The first-order valence-corrected chi connectivity index (χ1v) is 6.16. The van der Waals surface area contributed by atoms with Crippen molar-refractivity contribution in [1.29, 1.82) is 0 Å². The highest BCUT2D eigenvalue weighted by Crippen LogP contribution is 2.32. The second-order valence-electron chi connectivity index (χ2n) is 4.53. The summed E-state index contributed by atoms with van der Waals surface area (Å²) >= 11 is 0. The number of rotatable bonds is 4. The molecule has 0 bridgehead atoms. The van der Waals surface area contributed by atoms with E-state index >= 15 is 0 Å². The molecule has 0 atom stereocenters. The zero-order chi connectivity index (χ0) is 15.6. The van der Waals surface area contributed by atoms with Crippen LogP contribution in [0, 0.1) is 5.82 Å². The molecule has 0 saturated heterocycles. The molecular weight excluding hydrogens is 288 g/mol. The fourth-order valence-corrected chi connectivity index (χ4v) is 1.99. The van der Waals surface area contributed by atoms with E-state index in [1.54, 1.807) is 24.0 Å². The molecular formula is C14H12F4N2O. The molecule has 2 aromatic rings. The molecule has 0 aliphatic rings. The van der Waals surface area contributed by atoms with Crippen molar-refractivity contribution >= 4 is 5.78 Å². The summed E-state index contributed by atoms with van der Waals surface area (Å²) < 4.78 is 53.1. The average Bonchev–Trinajstić information content (AvgIpc) is 2.80. The van der Waals surface area contributed by atoms with Crippen molar-refractivity contribution < 1.29 is 22.4 Å². The molecule has 7 heteroatoms. The van der Waals surface area contributed by atoms with E-state index in [9.17, 15) is 22.4 Å². The van der Waals surface area contributed by atoms with Gasteiger partial charge in [0.2, 0.25) is 0 Å². The normalized spacial score (nSPS) is 11.7. The minimum Gasteiger partial charge on any atom is -0.294 e. The minimum absolute atomic E-state index is 0.0856. The second kappa shape index (κ2) is 5.67. The number of carbonyl (C=O) groups excluding carboxylic acids is 1. The molecule has 21 heavy (non-hydrogen) atoms. The smallest absolute Gasteiger partial charge is 0.294 e. The number of aryl methyl sites for hydroxylation is 2. The fraction of sp³-hybridized carbons (Fsp3) is 0.286. The van der Waals surface area contributed by atoms with Crippen LogP contribution in [-0.4, -0.2) is 15.6 Å². The van der Waals surface area contributed by atoms with Gasteiger partial charge in [-0.25, -0.2) is 4.39 Å². The molecule has 0 radical (unpaired) electrons. The Bertz CT molecular complexity index is 661. The predicted molar refractivity (Wildman–Crippen MR) is 67.3 cm³/mol. The number of alkyl halides is 3. The molecule has 0 aliphatic carbocycles. The van der Waals surface area contributed by atoms with Gasteiger partial charge in [0, 0.05) is 25.4 Å². The lowest BCUT2D eigenvalue weighted by Gasteiger charge is -2.10. The maximum atomic E-state index is 13.8. The molecule has 112 valence electrons. The van der Waals surface area contributed by atoms with Gasteiger partial charge in [0.15, 0.2) is 5.78 Å². The van der Waals surface area contributed by atoms with Gasteiger partial charge in [-0.1, -0.05) is 6.07 Å². The average molecular weight is 300 g/mol. The number of halogens is 4. The summed E-state index contributed by atoms with van der Waals surface area (Å²) in [6.45, 7) is 0. The third-order valence-electron chi connectivity index (χ3n) is 3.14. The summed E-state index contributed by atoms with van der Waals surface area (Å²) in [6.07, 6.45) is -3.07. The lowest BCUT2D eigenvalue weighted by atomic mass is 10.0.